The van der Waals surface area contributed by atoms with Gasteiger partial charge in [0.05, 0.1) is 5.56 Å². The smallest absolute Gasteiger partial charge is 0.412 e. The second kappa shape index (κ2) is 12.2. The van der Waals surface area contributed by atoms with Crippen LogP contribution in [0.25, 0.3) is 10.6 Å². The number of halogens is 5. The van der Waals surface area contributed by atoms with Gasteiger partial charge in [-0.2, -0.15) is 13.2 Å². The molecule has 1 fully saturated rings. The maximum atomic E-state index is 14.5. The SMILES string of the molecule is CN=C(C(C=N)NC(=O)c1nc(-c2c(F)cccc2F)sc1NC(=O)OC(C)(C)C)N1CCNC(C(F)(F)F)C1. The van der Waals surface area contributed by atoms with Gasteiger partial charge in [-0.1, -0.05) is 17.4 Å². The molecule has 1 aromatic carbocycles. The highest BCUT2D eigenvalue weighted by Crippen LogP contribution is 2.35. The zero-order valence-electron chi connectivity index (χ0n) is 21.9. The van der Waals surface area contributed by atoms with E-state index in [1.54, 1.807) is 20.8 Å². The summed E-state index contributed by atoms with van der Waals surface area (Å²) < 4.78 is 74.1. The van der Waals surface area contributed by atoms with E-state index < -0.39 is 65.3 Å². The maximum Gasteiger partial charge on any atom is 0.412 e. The first-order chi connectivity index (χ1) is 18.6. The molecule has 1 aliphatic heterocycles. The second-order valence-electron chi connectivity index (χ2n) is 9.61. The minimum atomic E-state index is -4.53. The lowest BCUT2D eigenvalue weighted by atomic mass is 10.1. The first-order valence-corrected chi connectivity index (χ1v) is 12.7. The van der Waals surface area contributed by atoms with E-state index in [9.17, 15) is 31.5 Å². The third kappa shape index (κ3) is 7.50. The van der Waals surface area contributed by atoms with Gasteiger partial charge in [0, 0.05) is 32.9 Å². The minimum absolute atomic E-state index is 0.0173. The van der Waals surface area contributed by atoms with Crippen molar-refractivity contribution in [2.24, 2.45) is 4.99 Å². The topological polar surface area (TPSA) is 132 Å². The van der Waals surface area contributed by atoms with Crippen molar-refractivity contribution in [1.29, 1.82) is 5.41 Å². The van der Waals surface area contributed by atoms with Crippen molar-refractivity contribution in [3.63, 3.8) is 0 Å². The third-order valence-electron chi connectivity index (χ3n) is 5.49. The molecular formula is C24H28F5N7O3S. The summed E-state index contributed by atoms with van der Waals surface area (Å²) in [6.07, 6.45) is -4.72. The summed E-state index contributed by atoms with van der Waals surface area (Å²) >= 11 is 0.609. The third-order valence-corrected chi connectivity index (χ3v) is 6.48. The van der Waals surface area contributed by atoms with Crippen LogP contribution in [0.1, 0.15) is 31.3 Å². The van der Waals surface area contributed by atoms with Crippen LogP contribution in [0.4, 0.5) is 31.7 Å². The first kappa shape index (κ1) is 30.9. The van der Waals surface area contributed by atoms with Crippen molar-refractivity contribution in [2.45, 2.75) is 44.6 Å². The molecule has 1 aliphatic rings. The van der Waals surface area contributed by atoms with Gasteiger partial charge in [-0.15, -0.1) is 0 Å². The fraction of sp³-hybridized carbons (Fsp3) is 0.458. The van der Waals surface area contributed by atoms with Crippen LogP contribution in [0.2, 0.25) is 0 Å². The molecule has 0 aliphatic carbocycles. The van der Waals surface area contributed by atoms with Gasteiger partial charge in [-0.05, 0) is 32.9 Å². The summed E-state index contributed by atoms with van der Waals surface area (Å²) in [5.41, 5.74) is -1.89. The Balaban J connectivity index is 1.93. The monoisotopic (exact) mass is 589 g/mol. The minimum Gasteiger partial charge on any atom is -0.444 e. The van der Waals surface area contributed by atoms with E-state index in [-0.39, 0.29) is 28.9 Å². The molecule has 0 radical (unpaired) electrons. The van der Waals surface area contributed by atoms with Gasteiger partial charge in [0.2, 0.25) is 0 Å². The number of alkyl halides is 3. The number of hydrogen-bond acceptors (Lipinski definition) is 8. The number of rotatable bonds is 6. The molecule has 3 rings (SSSR count). The van der Waals surface area contributed by atoms with Crippen LogP contribution < -0.4 is 16.0 Å². The highest BCUT2D eigenvalue weighted by Gasteiger charge is 2.43. The molecule has 0 spiro atoms. The molecule has 2 atom stereocenters. The Hall–Kier alpha value is -3.66. The Morgan fingerprint density at radius 2 is 1.93 bits per heavy atom. The zero-order chi connectivity index (χ0) is 29.8. The predicted octanol–water partition coefficient (Wildman–Crippen LogP) is 4.05. The Morgan fingerprint density at radius 1 is 1.27 bits per heavy atom. The van der Waals surface area contributed by atoms with Gasteiger partial charge in [0.1, 0.15) is 45.2 Å². The summed E-state index contributed by atoms with van der Waals surface area (Å²) in [4.78, 5) is 35.1. The van der Waals surface area contributed by atoms with Gasteiger partial charge in [0.25, 0.3) is 5.91 Å². The quantitative estimate of drug-likeness (QED) is 0.229. The summed E-state index contributed by atoms with van der Waals surface area (Å²) in [6.45, 7) is 4.41. The van der Waals surface area contributed by atoms with Crippen LogP contribution in [0.15, 0.2) is 23.2 Å². The van der Waals surface area contributed by atoms with Crippen LogP contribution in [0.3, 0.4) is 0 Å². The fourth-order valence-electron chi connectivity index (χ4n) is 3.81. The molecule has 0 saturated carbocycles. The Kier molecular flexibility index (Phi) is 9.45. The zero-order valence-corrected chi connectivity index (χ0v) is 22.8. The number of nitrogens with zero attached hydrogens (tertiary/aromatic N) is 3. The number of aromatic nitrogens is 1. The Morgan fingerprint density at radius 3 is 2.48 bits per heavy atom. The number of aliphatic imine (C=N–C) groups is 1. The molecule has 4 N–H and O–H groups in total. The Bertz CT molecular complexity index is 1270. The van der Waals surface area contributed by atoms with Crippen LogP contribution in [-0.2, 0) is 4.74 Å². The Labute approximate surface area is 230 Å². The van der Waals surface area contributed by atoms with Gasteiger partial charge in [0.15, 0.2) is 5.69 Å². The number of amidine groups is 1. The number of anilines is 1. The number of amides is 2. The van der Waals surface area contributed by atoms with E-state index >= 15 is 0 Å². The first-order valence-electron chi connectivity index (χ1n) is 11.9. The van der Waals surface area contributed by atoms with E-state index in [4.69, 9.17) is 10.1 Å². The van der Waals surface area contributed by atoms with Crippen LogP contribution >= 0.6 is 11.3 Å². The number of carbonyl (C=O) groups excluding carboxylic acids is 2. The van der Waals surface area contributed by atoms with Crippen molar-refractivity contribution >= 4 is 40.4 Å². The molecule has 10 nitrogen and oxygen atoms in total. The molecule has 2 unspecified atom stereocenters. The van der Waals surface area contributed by atoms with E-state index in [2.05, 4.69) is 25.9 Å². The number of carbonyl (C=O) groups is 2. The molecule has 16 heteroatoms. The number of thiazole rings is 1. The molecule has 0 bridgehead atoms. The number of hydrogen-bond donors (Lipinski definition) is 4. The lowest BCUT2D eigenvalue weighted by molar-refractivity contribution is -0.161. The number of ether oxygens (including phenoxy) is 1. The fourth-order valence-corrected chi connectivity index (χ4v) is 4.81. The van der Waals surface area contributed by atoms with E-state index in [1.165, 1.54) is 11.9 Å². The van der Waals surface area contributed by atoms with Crippen molar-refractivity contribution in [1.82, 2.24) is 20.5 Å². The van der Waals surface area contributed by atoms with Crippen LogP contribution in [0, 0.1) is 17.0 Å². The van der Waals surface area contributed by atoms with E-state index in [0.717, 1.165) is 24.4 Å². The van der Waals surface area contributed by atoms with Crippen molar-refractivity contribution in [3.05, 3.63) is 35.5 Å². The molecule has 2 heterocycles. The lowest BCUT2D eigenvalue weighted by Gasteiger charge is -2.38. The number of benzene rings is 1. The van der Waals surface area contributed by atoms with Crippen molar-refractivity contribution in [3.8, 4) is 10.6 Å². The highest BCUT2D eigenvalue weighted by molar-refractivity contribution is 7.19. The van der Waals surface area contributed by atoms with Gasteiger partial charge < -0.3 is 25.7 Å². The largest absolute Gasteiger partial charge is 0.444 e. The summed E-state index contributed by atoms with van der Waals surface area (Å²) in [7, 11) is 1.31. The maximum absolute atomic E-state index is 14.5. The predicted molar refractivity (Wildman–Crippen MR) is 140 cm³/mol. The van der Waals surface area contributed by atoms with Gasteiger partial charge in [-0.3, -0.25) is 15.1 Å². The van der Waals surface area contributed by atoms with Gasteiger partial charge in [-0.25, -0.2) is 18.6 Å². The van der Waals surface area contributed by atoms with Crippen LogP contribution in [-0.4, -0.2) is 84.5 Å². The highest BCUT2D eigenvalue weighted by atomic mass is 32.1. The number of piperazine rings is 1. The van der Waals surface area contributed by atoms with Crippen LogP contribution in [0.5, 0.6) is 0 Å². The molecule has 40 heavy (non-hydrogen) atoms. The van der Waals surface area contributed by atoms with E-state index in [1.807, 2.05) is 0 Å². The van der Waals surface area contributed by atoms with Gasteiger partial charge >= 0.3 is 12.3 Å². The van der Waals surface area contributed by atoms with Crippen molar-refractivity contribution < 1.29 is 36.3 Å². The molecule has 1 saturated heterocycles. The van der Waals surface area contributed by atoms with Crippen molar-refractivity contribution in [2.75, 3.05) is 32.0 Å². The molecular weight excluding hydrogens is 561 g/mol. The molecule has 218 valence electrons. The summed E-state index contributed by atoms with van der Waals surface area (Å²) in [5, 5.41) is 14.5. The lowest BCUT2D eigenvalue weighted by Crippen LogP contribution is -2.61. The average Bonchev–Trinajstić information content (AvgIpc) is 3.25. The number of nitrogens with one attached hydrogen (secondary N) is 4. The van der Waals surface area contributed by atoms with E-state index in [0.29, 0.717) is 11.3 Å². The standard InChI is InChI=1S/C24H28F5N7O3S/c1-23(2,3)39-22(38)35-21-17(34-20(40-21)16-12(25)6-5-7-13(16)26)19(37)33-14(10-30)18(31-4)36-9-8-32-15(11-36)24(27,28)29/h5-7,10,14-15,30,32H,8-9,11H2,1-4H3,(H,33,37)(H,35,38). The second-order valence-corrected chi connectivity index (χ2v) is 10.6. The normalized spacial score (nSPS) is 17.3. The molecule has 2 amide bonds. The average molecular weight is 590 g/mol. The molecule has 2 aromatic rings. The molecule has 1 aromatic heterocycles. The summed E-state index contributed by atoms with van der Waals surface area (Å²) in [5.74, 6) is -2.92. The summed E-state index contributed by atoms with van der Waals surface area (Å²) in [6, 6.07) is 0.0134.